The Morgan fingerprint density at radius 2 is 2.20 bits per heavy atom. The van der Waals surface area contributed by atoms with Crippen molar-refractivity contribution in [3.8, 4) is 0 Å². The molecule has 0 radical (unpaired) electrons. The summed E-state index contributed by atoms with van der Waals surface area (Å²) in [7, 11) is 2.10. The molecule has 4 nitrogen and oxygen atoms in total. The molecule has 0 aromatic carbocycles. The Morgan fingerprint density at radius 1 is 1.45 bits per heavy atom. The first kappa shape index (κ1) is 19.6. The van der Waals surface area contributed by atoms with Gasteiger partial charge in [0.15, 0.2) is 5.96 Å². The molecular formula is C14H27IN4S. The molecule has 0 fully saturated rings. The van der Waals surface area contributed by atoms with Gasteiger partial charge in [-0.1, -0.05) is 13.3 Å². The van der Waals surface area contributed by atoms with Gasteiger partial charge in [0.05, 0.1) is 5.01 Å². The zero-order chi connectivity index (χ0) is 14.1. The number of aromatic nitrogens is 1. The van der Waals surface area contributed by atoms with Gasteiger partial charge < -0.3 is 10.2 Å². The third kappa shape index (κ3) is 7.42. The number of hydrogen-bond donors (Lipinski definition) is 1. The summed E-state index contributed by atoms with van der Waals surface area (Å²) in [5.41, 5.74) is 0. The predicted octanol–water partition coefficient (Wildman–Crippen LogP) is 3.31. The summed E-state index contributed by atoms with van der Waals surface area (Å²) in [6.45, 7) is 9.17. The molecule has 1 aromatic heterocycles. The van der Waals surface area contributed by atoms with Crippen LogP contribution in [0.5, 0.6) is 0 Å². The summed E-state index contributed by atoms with van der Waals surface area (Å²) in [5, 5.41) is 4.52. The lowest BCUT2D eigenvalue weighted by molar-refractivity contribution is 0.465. The number of unbranched alkanes of at least 4 members (excludes halogenated alkanes) is 1. The lowest BCUT2D eigenvalue weighted by atomic mass is 10.3. The van der Waals surface area contributed by atoms with Gasteiger partial charge in [-0.2, -0.15) is 0 Å². The van der Waals surface area contributed by atoms with Gasteiger partial charge in [0, 0.05) is 44.2 Å². The maximum atomic E-state index is 4.67. The topological polar surface area (TPSA) is 40.5 Å². The van der Waals surface area contributed by atoms with E-state index in [0.29, 0.717) is 0 Å². The molecule has 0 aliphatic rings. The smallest absolute Gasteiger partial charge is 0.193 e. The number of hydrogen-bond acceptors (Lipinski definition) is 3. The second-order valence-electron chi connectivity index (χ2n) is 4.63. The predicted molar refractivity (Wildman–Crippen MR) is 99.5 cm³/mol. The highest BCUT2D eigenvalue weighted by Gasteiger charge is 2.04. The Morgan fingerprint density at radius 3 is 2.75 bits per heavy atom. The van der Waals surface area contributed by atoms with Crippen molar-refractivity contribution in [1.82, 2.24) is 15.2 Å². The minimum Gasteiger partial charge on any atom is -0.357 e. The number of guanidine groups is 1. The molecule has 0 aliphatic heterocycles. The number of rotatable bonds is 7. The monoisotopic (exact) mass is 410 g/mol. The highest BCUT2D eigenvalue weighted by molar-refractivity contribution is 14.0. The van der Waals surface area contributed by atoms with E-state index in [1.165, 1.54) is 22.7 Å². The Labute approximate surface area is 144 Å². The van der Waals surface area contributed by atoms with Gasteiger partial charge in [0.2, 0.25) is 0 Å². The van der Waals surface area contributed by atoms with E-state index in [0.717, 1.165) is 32.0 Å². The van der Waals surface area contributed by atoms with Crippen molar-refractivity contribution < 1.29 is 0 Å². The Bertz CT molecular complexity index is 392. The number of nitrogens with zero attached hydrogens (tertiary/aromatic N) is 3. The summed E-state index contributed by atoms with van der Waals surface area (Å²) in [6, 6.07) is 0. The van der Waals surface area contributed by atoms with Crippen molar-refractivity contribution in [2.24, 2.45) is 4.99 Å². The molecular weight excluding hydrogens is 383 g/mol. The molecule has 0 spiro atoms. The van der Waals surface area contributed by atoms with Crippen LogP contribution in [0, 0.1) is 6.92 Å². The van der Waals surface area contributed by atoms with Crippen molar-refractivity contribution in [3.63, 3.8) is 0 Å². The zero-order valence-electron chi connectivity index (χ0n) is 13.0. The van der Waals surface area contributed by atoms with E-state index in [9.17, 15) is 0 Å². The number of thiazole rings is 1. The van der Waals surface area contributed by atoms with Crippen molar-refractivity contribution in [3.05, 3.63) is 16.1 Å². The van der Waals surface area contributed by atoms with Crippen LogP contribution in [0.15, 0.2) is 11.2 Å². The first-order chi connectivity index (χ1) is 9.17. The number of nitrogens with one attached hydrogen (secondary N) is 1. The van der Waals surface area contributed by atoms with E-state index in [1.54, 1.807) is 11.3 Å². The van der Waals surface area contributed by atoms with Gasteiger partial charge in [-0.25, -0.2) is 4.98 Å². The third-order valence-electron chi connectivity index (χ3n) is 2.80. The molecule has 0 amide bonds. The molecule has 0 atom stereocenters. The summed E-state index contributed by atoms with van der Waals surface area (Å²) < 4.78 is 0. The highest BCUT2D eigenvalue weighted by atomic mass is 127. The average Bonchev–Trinajstić information content (AvgIpc) is 2.80. The van der Waals surface area contributed by atoms with E-state index in [2.05, 4.69) is 48.0 Å². The van der Waals surface area contributed by atoms with Crippen molar-refractivity contribution in [1.29, 1.82) is 0 Å². The molecule has 20 heavy (non-hydrogen) atoms. The second-order valence-corrected chi connectivity index (χ2v) is 5.94. The van der Waals surface area contributed by atoms with Crippen LogP contribution in [0.25, 0.3) is 0 Å². The van der Waals surface area contributed by atoms with Crippen LogP contribution in [0.1, 0.15) is 36.6 Å². The summed E-state index contributed by atoms with van der Waals surface area (Å²) in [6.07, 6.45) is 5.27. The van der Waals surface area contributed by atoms with Gasteiger partial charge in [-0.3, -0.25) is 4.99 Å². The largest absolute Gasteiger partial charge is 0.357 e. The fourth-order valence-electron chi connectivity index (χ4n) is 1.75. The fraction of sp³-hybridized carbons (Fsp3) is 0.714. The summed E-state index contributed by atoms with van der Waals surface area (Å²) in [5.74, 6) is 1.00. The van der Waals surface area contributed by atoms with E-state index in [1.807, 2.05) is 6.20 Å². The molecule has 0 bridgehead atoms. The van der Waals surface area contributed by atoms with Gasteiger partial charge >= 0.3 is 0 Å². The quantitative estimate of drug-likeness (QED) is 0.426. The zero-order valence-corrected chi connectivity index (χ0v) is 16.1. The normalized spacial score (nSPS) is 11.1. The second kappa shape index (κ2) is 11.3. The first-order valence-electron chi connectivity index (χ1n) is 7.08. The SMILES string of the molecule is CCCCN(C)C(=NCCc1ncc(C)s1)NCC.I. The Hall–Kier alpha value is -0.370. The summed E-state index contributed by atoms with van der Waals surface area (Å²) >= 11 is 1.76. The molecule has 1 heterocycles. The maximum Gasteiger partial charge on any atom is 0.193 e. The standard InChI is InChI=1S/C14H26N4S.HI/c1-5-7-10-18(4)14(15-6-2)16-9-8-13-17-11-12(3)19-13;/h11H,5-10H2,1-4H3,(H,15,16);1H. The van der Waals surface area contributed by atoms with E-state index in [4.69, 9.17) is 0 Å². The third-order valence-corrected chi connectivity index (χ3v) is 3.77. The van der Waals surface area contributed by atoms with Gasteiger partial charge in [-0.15, -0.1) is 35.3 Å². The molecule has 0 unspecified atom stereocenters. The Kier molecular flexibility index (Phi) is 11.1. The minimum atomic E-state index is 0. The van der Waals surface area contributed by atoms with Crippen LogP contribution in [0.4, 0.5) is 0 Å². The maximum absolute atomic E-state index is 4.67. The van der Waals surface area contributed by atoms with E-state index >= 15 is 0 Å². The number of aliphatic imine (C=N–C) groups is 1. The Balaban J connectivity index is 0.00000361. The van der Waals surface area contributed by atoms with E-state index in [-0.39, 0.29) is 24.0 Å². The minimum absolute atomic E-state index is 0. The van der Waals surface area contributed by atoms with Crippen LogP contribution in [0.3, 0.4) is 0 Å². The lowest BCUT2D eigenvalue weighted by Crippen LogP contribution is -2.39. The lowest BCUT2D eigenvalue weighted by Gasteiger charge is -2.21. The molecule has 1 rings (SSSR count). The first-order valence-corrected chi connectivity index (χ1v) is 7.89. The van der Waals surface area contributed by atoms with Crippen LogP contribution >= 0.6 is 35.3 Å². The van der Waals surface area contributed by atoms with E-state index < -0.39 is 0 Å². The molecule has 0 aliphatic carbocycles. The summed E-state index contributed by atoms with van der Waals surface area (Å²) in [4.78, 5) is 12.5. The molecule has 0 saturated carbocycles. The molecule has 0 saturated heterocycles. The molecule has 1 N–H and O–H groups in total. The van der Waals surface area contributed by atoms with Crippen LogP contribution in [-0.4, -0.2) is 42.5 Å². The molecule has 1 aromatic rings. The molecule has 6 heteroatoms. The van der Waals surface area contributed by atoms with Gasteiger partial charge in [0.1, 0.15) is 0 Å². The highest BCUT2D eigenvalue weighted by Crippen LogP contribution is 2.11. The van der Waals surface area contributed by atoms with Gasteiger partial charge in [0.25, 0.3) is 0 Å². The molecule has 116 valence electrons. The van der Waals surface area contributed by atoms with Crippen molar-refractivity contribution in [2.75, 3.05) is 26.7 Å². The van der Waals surface area contributed by atoms with Gasteiger partial charge in [-0.05, 0) is 20.3 Å². The van der Waals surface area contributed by atoms with Crippen LogP contribution in [0.2, 0.25) is 0 Å². The number of aryl methyl sites for hydroxylation is 1. The van der Waals surface area contributed by atoms with Crippen molar-refractivity contribution in [2.45, 2.75) is 40.0 Å². The van der Waals surface area contributed by atoms with Crippen LogP contribution < -0.4 is 5.32 Å². The fourth-order valence-corrected chi connectivity index (χ4v) is 2.52. The average molecular weight is 410 g/mol. The number of halogens is 1. The van der Waals surface area contributed by atoms with Crippen molar-refractivity contribution >= 4 is 41.3 Å². The van der Waals surface area contributed by atoms with Crippen LogP contribution in [-0.2, 0) is 6.42 Å².